The Morgan fingerprint density at radius 3 is 2.45 bits per heavy atom. The number of rotatable bonds is 6. The van der Waals surface area contributed by atoms with E-state index in [0.29, 0.717) is 0 Å². The topological polar surface area (TPSA) is 136 Å². The molecule has 1 N–H and O–H groups in total. The van der Waals surface area contributed by atoms with E-state index >= 15 is 0 Å². The Labute approximate surface area is 165 Å². The second kappa shape index (κ2) is 8.13. The van der Waals surface area contributed by atoms with Gasteiger partial charge in [0, 0.05) is 5.57 Å². The Morgan fingerprint density at radius 1 is 1.17 bits per heavy atom. The van der Waals surface area contributed by atoms with Crippen molar-refractivity contribution in [3.05, 3.63) is 51.9 Å². The van der Waals surface area contributed by atoms with Gasteiger partial charge in [-0.05, 0) is 26.0 Å². The Morgan fingerprint density at radius 2 is 1.83 bits per heavy atom. The zero-order valence-corrected chi connectivity index (χ0v) is 16.5. The van der Waals surface area contributed by atoms with E-state index in [-0.39, 0.29) is 35.3 Å². The van der Waals surface area contributed by atoms with Gasteiger partial charge in [-0.15, -0.1) is 0 Å². The number of imide groups is 1. The first-order chi connectivity index (χ1) is 13.9. The van der Waals surface area contributed by atoms with Crippen LogP contribution >= 0.6 is 7.60 Å². The van der Waals surface area contributed by atoms with E-state index in [9.17, 15) is 24.2 Å². The molecule has 0 fully saturated rings. The maximum Gasteiger partial charge on any atom is 0.347 e. The zero-order chi connectivity index (χ0) is 21.2. The first-order valence-electron chi connectivity index (χ1n) is 8.77. The molecular weight excluding hydrogens is 399 g/mol. The van der Waals surface area contributed by atoms with Gasteiger partial charge >= 0.3 is 7.60 Å². The van der Waals surface area contributed by atoms with Gasteiger partial charge in [0.25, 0.3) is 5.91 Å². The fourth-order valence-corrected chi connectivity index (χ4v) is 5.17. The van der Waals surface area contributed by atoms with Crippen molar-refractivity contribution >= 4 is 36.0 Å². The number of para-hydroxylation sites is 1. The molecule has 0 saturated carbocycles. The molecule has 0 aliphatic carbocycles. The summed E-state index contributed by atoms with van der Waals surface area (Å²) in [5.41, 5.74) is -3.07. The Bertz CT molecular complexity index is 1170. The van der Waals surface area contributed by atoms with Gasteiger partial charge in [-0.25, -0.2) is 0 Å². The summed E-state index contributed by atoms with van der Waals surface area (Å²) < 4.78 is 29.4. The van der Waals surface area contributed by atoms with Crippen LogP contribution in [0.2, 0.25) is 0 Å². The molecule has 29 heavy (non-hydrogen) atoms. The standard InChI is InChI=1S/C19H17N2O7P/c1-3-27-29(25,28-4-2)17-15(12(9-20)18(23)21-19(17)24)13-10-26-14-8-6-5-7-11(14)16(13)22/h5-8,10,17H,3-4H2,1-2H3,(H,21,23,24). The Kier molecular flexibility index (Phi) is 5.80. The van der Waals surface area contributed by atoms with Crippen LogP contribution in [0.15, 0.2) is 45.3 Å². The smallest absolute Gasteiger partial charge is 0.347 e. The van der Waals surface area contributed by atoms with Gasteiger partial charge < -0.3 is 13.5 Å². The lowest BCUT2D eigenvalue weighted by atomic mass is 9.94. The van der Waals surface area contributed by atoms with Gasteiger partial charge in [-0.3, -0.25) is 24.3 Å². The summed E-state index contributed by atoms with van der Waals surface area (Å²) in [7, 11) is -4.18. The first-order valence-corrected chi connectivity index (χ1v) is 10.4. The van der Waals surface area contributed by atoms with Gasteiger partial charge in [0.1, 0.15) is 23.5 Å². The molecule has 1 atom stereocenters. The van der Waals surface area contributed by atoms with Crippen molar-refractivity contribution < 1.29 is 27.6 Å². The van der Waals surface area contributed by atoms with Crippen LogP contribution < -0.4 is 10.7 Å². The number of benzene rings is 1. The number of nitrogens with one attached hydrogen (secondary N) is 1. The lowest BCUT2D eigenvalue weighted by molar-refractivity contribution is -0.128. The third-order valence-electron chi connectivity index (χ3n) is 4.27. The van der Waals surface area contributed by atoms with E-state index in [0.717, 1.165) is 6.26 Å². The summed E-state index contributed by atoms with van der Waals surface area (Å²) in [6.07, 6.45) is 1.04. The number of hydrogen-bond donors (Lipinski definition) is 1. The maximum atomic E-state index is 13.4. The minimum absolute atomic E-state index is 0.0590. The highest BCUT2D eigenvalue weighted by Gasteiger charge is 2.50. The van der Waals surface area contributed by atoms with Crippen molar-refractivity contribution in [2.24, 2.45) is 0 Å². The number of fused-ring (bicyclic) bond motifs is 1. The summed E-state index contributed by atoms with van der Waals surface area (Å²) in [4.78, 5) is 38.0. The zero-order valence-electron chi connectivity index (χ0n) is 15.6. The molecule has 1 unspecified atom stereocenters. The molecule has 1 aliphatic heterocycles. The van der Waals surface area contributed by atoms with E-state index in [1.165, 1.54) is 6.07 Å². The largest absolute Gasteiger partial charge is 0.463 e. The van der Waals surface area contributed by atoms with Gasteiger partial charge in [-0.1, -0.05) is 12.1 Å². The predicted molar refractivity (Wildman–Crippen MR) is 103 cm³/mol. The summed E-state index contributed by atoms with van der Waals surface area (Å²) in [6, 6.07) is 8.05. The monoisotopic (exact) mass is 416 g/mol. The lowest BCUT2D eigenvalue weighted by Crippen LogP contribution is -2.46. The van der Waals surface area contributed by atoms with E-state index in [4.69, 9.17) is 13.5 Å². The summed E-state index contributed by atoms with van der Waals surface area (Å²) >= 11 is 0. The summed E-state index contributed by atoms with van der Waals surface area (Å²) in [6.45, 7) is 2.99. The molecule has 2 heterocycles. The maximum absolute atomic E-state index is 13.4. The van der Waals surface area contributed by atoms with E-state index in [1.807, 2.05) is 5.32 Å². The van der Waals surface area contributed by atoms with Crippen molar-refractivity contribution in [1.29, 1.82) is 5.26 Å². The summed E-state index contributed by atoms with van der Waals surface area (Å²) in [5.74, 6) is -1.99. The van der Waals surface area contributed by atoms with Crippen LogP contribution in [0.3, 0.4) is 0 Å². The third-order valence-corrected chi connectivity index (χ3v) is 6.63. The van der Waals surface area contributed by atoms with Gasteiger partial charge in [-0.2, -0.15) is 5.26 Å². The van der Waals surface area contributed by atoms with Crippen molar-refractivity contribution in [2.45, 2.75) is 19.5 Å². The third kappa shape index (κ3) is 3.54. The normalized spacial score (nSPS) is 17.3. The second-order valence-electron chi connectivity index (χ2n) is 5.97. The van der Waals surface area contributed by atoms with Crippen molar-refractivity contribution in [1.82, 2.24) is 5.32 Å². The number of amides is 2. The fourth-order valence-electron chi connectivity index (χ4n) is 3.14. The SMILES string of the molecule is CCOP(=O)(OCC)C1C(=O)NC(=O)C(C#N)=C1c1coc2ccccc2c1=O. The fraction of sp³-hybridized carbons (Fsp3) is 0.263. The number of nitrogens with zero attached hydrogens (tertiary/aromatic N) is 1. The molecule has 1 aromatic heterocycles. The molecule has 2 amide bonds. The molecule has 3 rings (SSSR count). The van der Waals surface area contributed by atoms with Gasteiger partial charge in [0.15, 0.2) is 11.1 Å². The average Bonchev–Trinajstić information content (AvgIpc) is 2.68. The molecule has 0 radical (unpaired) electrons. The van der Waals surface area contributed by atoms with Crippen LogP contribution in [-0.4, -0.2) is 30.7 Å². The van der Waals surface area contributed by atoms with Crippen LogP contribution in [0.4, 0.5) is 0 Å². The molecular formula is C19H17N2O7P. The predicted octanol–water partition coefficient (Wildman–Crippen LogP) is 2.36. The number of carbonyl (C=O) groups is 2. The first kappa shape index (κ1) is 20.7. The minimum Gasteiger partial charge on any atom is -0.463 e. The van der Waals surface area contributed by atoms with Crippen molar-refractivity contribution in [3.63, 3.8) is 0 Å². The molecule has 10 heteroatoms. The molecule has 1 aromatic carbocycles. The van der Waals surface area contributed by atoms with E-state index in [1.54, 1.807) is 38.1 Å². The highest BCUT2D eigenvalue weighted by Crippen LogP contribution is 2.58. The molecule has 0 spiro atoms. The van der Waals surface area contributed by atoms with E-state index < -0.39 is 36.1 Å². The van der Waals surface area contributed by atoms with Crippen molar-refractivity contribution in [2.75, 3.05) is 13.2 Å². The Hall–Kier alpha value is -3.05. The molecule has 150 valence electrons. The van der Waals surface area contributed by atoms with Crippen LogP contribution in [0, 0.1) is 11.3 Å². The van der Waals surface area contributed by atoms with Gasteiger partial charge in [0.05, 0.1) is 24.2 Å². The van der Waals surface area contributed by atoms with Gasteiger partial charge in [0.2, 0.25) is 5.91 Å². The van der Waals surface area contributed by atoms with Crippen LogP contribution in [0.1, 0.15) is 19.4 Å². The number of carbonyl (C=O) groups excluding carboxylic acids is 2. The average molecular weight is 416 g/mol. The molecule has 0 bridgehead atoms. The lowest BCUT2D eigenvalue weighted by Gasteiger charge is -2.30. The summed E-state index contributed by atoms with van der Waals surface area (Å²) in [5, 5.41) is 11.7. The minimum atomic E-state index is -4.18. The van der Waals surface area contributed by atoms with E-state index in [2.05, 4.69) is 0 Å². The molecule has 2 aromatic rings. The highest BCUT2D eigenvalue weighted by molar-refractivity contribution is 7.56. The Balaban J connectivity index is 2.37. The van der Waals surface area contributed by atoms with Crippen LogP contribution in [0.5, 0.6) is 0 Å². The number of nitriles is 1. The second-order valence-corrected chi connectivity index (χ2v) is 8.08. The van der Waals surface area contributed by atoms with Crippen LogP contribution in [0.25, 0.3) is 16.5 Å². The van der Waals surface area contributed by atoms with Crippen LogP contribution in [-0.2, 0) is 23.2 Å². The number of hydrogen-bond acceptors (Lipinski definition) is 8. The van der Waals surface area contributed by atoms with Crippen molar-refractivity contribution in [3.8, 4) is 6.07 Å². The molecule has 9 nitrogen and oxygen atoms in total. The highest BCUT2D eigenvalue weighted by atomic mass is 31.2. The molecule has 1 aliphatic rings. The quantitative estimate of drug-likeness (QED) is 0.560. The molecule has 0 saturated heterocycles.